The van der Waals surface area contributed by atoms with Crippen molar-refractivity contribution in [3.63, 3.8) is 0 Å². The Morgan fingerprint density at radius 2 is 2.00 bits per heavy atom. The number of hydrogen-bond donors (Lipinski definition) is 1. The van der Waals surface area contributed by atoms with Crippen LogP contribution in [-0.4, -0.2) is 49.4 Å². The lowest BCUT2D eigenvalue weighted by atomic mass is 9.74. The zero-order chi connectivity index (χ0) is 14.3. The monoisotopic (exact) mass is 288 g/mol. The summed E-state index contributed by atoms with van der Waals surface area (Å²) >= 11 is 0. The quantitative estimate of drug-likeness (QED) is 0.804. The molecule has 0 aromatic heterocycles. The first-order valence-corrected chi connectivity index (χ1v) is 8.81. The number of carbonyl (C=O) groups excluding carboxylic acids is 1. The number of nitrogens with zero attached hydrogens (tertiary/aromatic N) is 1. The second-order valence-corrected chi connectivity index (χ2v) is 8.54. The van der Waals surface area contributed by atoms with Crippen molar-refractivity contribution < 1.29 is 13.2 Å². The lowest BCUT2D eigenvalue weighted by Crippen LogP contribution is -2.54. The molecule has 19 heavy (non-hydrogen) atoms. The number of rotatable bonds is 2. The molecule has 5 nitrogen and oxygen atoms in total. The van der Waals surface area contributed by atoms with E-state index < -0.39 is 15.4 Å². The molecule has 1 saturated carbocycles. The van der Waals surface area contributed by atoms with Gasteiger partial charge in [-0.25, -0.2) is 8.42 Å². The fourth-order valence-electron chi connectivity index (χ4n) is 3.27. The van der Waals surface area contributed by atoms with Crippen LogP contribution in [0.15, 0.2) is 0 Å². The molecule has 6 heteroatoms. The van der Waals surface area contributed by atoms with Crippen LogP contribution in [0.1, 0.15) is 39.0 Å². The van der Waals surface area contributed by atoms with Crippen molar-refractivity contribution in [2.45, 2.75) is 50.6 Å². The van der Waals surface area contributed by atoms with E-state index in [0.717, 1.165) is 25.7 Å². The number of carbonyl (C=O) groups is 1. The standard InChI is InChI=1S/C13H24N2O3S/c1-13(14)7-4-3-5-11(13)12(16)15(2)10-6-8-19(17,18)9-10/h10-11H,3-9,14H2,1-2H3. The molecule has 1 amide bonds. The van der Waals surface area contributed by atoms with E-state index in [0.29, 0.717) is 6.42 Å². The molecule has 0 bridgehead atoms. The summed E-state index contributed by atoms with van der Waals surface area (Å²) in [6, 6.07) is -0.171. The van der Waals surface area contributed by atoms with Crippen LogP contribution >= 0.6 is 0 Å². The Balaban J connectivity index is 2.07. The third-order valence-corrected chi connectivity index (χ3v) is 6.41. The van der Waals surface area contributed by atoms with Gasteiger partial charge in [0, 0.05) is 18.6 Å². The largest absolute Gasteiger partial charge is 0.341 e. The van der Waals surface area contributed by atoms with Crippen LogP contribution in [0.25, 0.3) is 0 Å². The molecule has 1 heterocycles. The molecule has 1 aliphatic carbocycles. The van der Waals surface area contributed by atoms with Crippen molar-refractivity contribution in [1.29, 1.82) is 0 Å². The van der Waals surface area contributed by atoms with Crippen molar-refractivity contribution in [3.8, 4) is 0 Å². The summed E-state index contributed by atoms with van der Waals surface area (Å²) < 4.78 is 23.0. The fraction of sp³-hybridized carbons (Fsp3) is 0.923. The van der Waals surface area contributed by atoms with Gasteiger partial charge in [-0.15, -0.1) is 0 Å². The van der Waals surface area contributed by atoms with E-state index in [2.05, 4.69) is 0 Å². The lowest BCUT2D eigenvalue weighted by molar-refractivity contribution is -0.139. The number of sulfone groups is 1. The Hall–Kier alpha value is -0.620. The number of nitrogens with two attached hydrogens (primary N) is 1. The second kappa shape index (κ2) is 5.05. The topological polar surface area (TPSA) is 80.5 Å². The van der Waals surface area contributed by atoms with Gasteiger partial charge in [0.25, 0.3) is 0 Å². The minimum atomic E-state index is -2.96. The first-order chi connectivity index (χ1) is 8.73. The highest BCUT2D eigenvalue weighted by molar-refractivity contribution is 7.91. The van der Waals surface area contributed by atoms with E-state index in [1.807, 2.05) is 6.92 Å². The van der Waals surface area contributed by atoms with Crippen LogP contribution in [0.4, 0.5) is 0 Å². The van der Waals surface area contributed by atoms with E-state index in [1.165, 1.54) is 0 Å². The molecule has 0 aromatic carbocycles. The molecule has 2 N–H and O–H groups in total. The van der Waals surface area contributed by atoms with E-state index in [9.17, 15) is 13.2 Å². The molecule has 3 atom stereocenters. The average molecular weight is 288 g/mol. The summed E-state index contributed by atoms with van der Waals surface area (Å²) in [5, 5.41) is 0. The normalized spacial score (nSPS) is 38.1. The van der Waals surface area contributed by atoms with Gasteiger partial charge < -0.3 is 10.6 Å². The molecular formula is C13H24N2O3S. The summed E-state index contributed by atoms with van der Waals surface area (Å²) in [5.74, 6) is 0.143. The summed E-state index contributed by atoms with van der Waals surface area (Å²) in [7, 11) is -1.24. The molecule has 2 rings (SSSR count). The van der Waals surface area contributed by atoms with Crippen molar-refractivity contribution in [1.82, 2.24) is 4.90 Å². The predicted molar refractivity (Wildman–Crippen MR) is 74.4 cm³/mol. The maximum atomic E-state index is 12.6. The molecule has 3 unspecified atom stereocenters. The molecule has 110 valence electrons. The Labute approximate surface area is 115 Å². The van der Waals surface area contributed by atoms with Crippen molar-refractivity contribution in [2.75, 3.05) is 18.6 Å². The summed E-state index contributed by atoms with van der Waals surface area (Å²) in [5.41, 5.74) is 5.79. The van der Waals surface area contributed by atoms with E-state index in [4.69, 9.17) is 5.73 Å². The van der Waals surface area contributed by atoms with Gasteiger partial charge in [-0.3, -0.25) is 4.79 Å². The summed E-state index contributed by atoms with van der Waals surface area (Å²) in [6.07, 6.45) is 4.33. The Bertz CT molecular complexity index is 459. The summed E-state index contributed by atoms with van der Waals surface area (Å²) in [6.45, 7) is 1.94. The van der Waals surface area contributed by atoms with Gasteiger partial charge in [0.15, 0.2) is 9.84 Å². The van der Waals surface area contributed by atoms with Gasteiger partial charge in [0.1, 0.15) is 0 Å². The Morgan fingerprint density at radius 1 is 1.32 bits per heavy atom. The predicted octanol–water partition coefficient (Wildman–Crippen LogP) is 0.540. The van der Waals surface area contributed by atoms with Crippen molar-refractivity contribution in [3.05, 3.63) is 0 Å². The first kappa shape index (κ1) is 14.8. The van der Waals surface area contributed by atoms with Crippen LogP contribution in [0, 0.1) is 5.92 Å². The first-order valence-electron chi connectivity index (χ1n) is 6.99. The van der Waals surface area contributed by atoms with Gasteiger partial charge >= 0.3 is 0 Å². The fourth-order valence-corrected chi connectivity index (χ4v) is 5.04. The third kappa shape index (κ3) is 3.11. The number of hydrogen-bond acceptors (Lipinski definition) is 4. The minimum Gasteiger partial charge on any atom is -0.341 e. The number of amides is 1. The maximum absolute atomic E-state index is 12.6. The lowest BCUT2D eigenvalue weighted by Gasteiger charge is -2.40. The Kier molecular flexibility index (Phi) is 3.93. The molecule has 0 spiro atoms. The van der Waals surface area contributed by atoms with Gasteiger partial charge in [-0.2, -0.15) is 0 Å². The molecule has 0 aromatic rings. The smallest absolute Gasteiger partial charge is 0.227 e. The van der Waals surface area contributed by atoms with E-state index in [1.54, 1.807) is 11.9 Å². The highest BCUT2D eigenvalue weighted by Gasteiger charge is 2.42. The third-order valence-electron chi connectivity index (χ3n) is 4.66. The van der Waals surface area contributed by atoms with Crippen LogP contribution in [-0.2, 0) is 14.6 Å². The van der Waals surface area contributed by atoms with Gasteiger partial charge in [-0.1, -0.05) is 12.8 Å². The summed E-state index contributed by atoms with van der Waals surface area (Å²) in [4.78, 5) is 14.2. The van der Waals surface area contributed by atoms with Gasteiger partial charge in [-0.05, 0) is 26.2 Å². The molecule has 2 aliphatic rings. The van der Waals surface area contributed by atoms with Crippen LogP contribution < -0.4 is 5.73 Å². The van der Waals surface area contributed by atoms with E-state index in [-0.39, 0.29) is 29.4 Å². The van der Waals surface area contributed by atoms with Crippen LogP contribution in [0.3, 0.4) is 0 Å². The van der Waals surface area contributed by atoms with E-state index >= 15 is 0 Å². The van der Waals surface area contributed by atoms with Gasteiger partial charge in [0.05, 0.1) is 17.4 Å². The SMILES string of the molecule is CN(C(=O)C1CCCCC1(C)N)C1CCS(=O)(=O)C1. The van der Waals surface area contributed by atoms with Crippen LogP contribution in [0.5, 0.6) is 0 Å². The maximum Gasteiger partial charge on any atom is 0.227 e. The molecular weight excluding hydrogens is 264 g/mol. The van der Waals surface area contributed by atoms with Crippen LogP contribution in [0.2, 0.25) is 0 Å². The molecule has 2 fully saturated rings. The Morgan fingerprint density at radius 3 is 2.53 bits per heavy atom. The average Bonchev–Trinajstić information content (AvgIpc) is 2.67. The minimum absolute atomic E-state index is 0.0202. The van der Waals surface area contributed by atoms with Gasteiger partial charge in [0.2, 0.25) is 5.91 Å². The molecule has 1 saturated heterocycles. The second-order valence-electron chi connectivity index (χ2n) is 6.31. The van der Waals surface area contributed by atoms with Crippen molar-refractivity contribution in [2.24, 2.45) is 11.7 Å². The molecule has 1 aliphatic heterocycles. The molecule has 0 radical (unpaired) electrons. The highest BCUT2D eigenvalue weighted by atomic mass is 32.2. The zero-order valence-corrected chi connectivity index (χ0v) is 12.6. The zero-order valence-electron chi connectivity index (χ0n) is 11.8. The highest BCUT2D eigenvalue weighted by Crippen LogP contribution is 2.33. The van der Waals surface area contributed by atoms with Crippen molar-refractivity contribution >= 4 is 15.7 Å².